The van der Waals surface area contributed by atoms with Crippen LogP contribution in [0.5, 0.6) is 0 Å². The number of carbonyl (C=O) groups excluding carboxylic acids is 1. The molecule has 0 radical (unpaired) electrons. The van der Waals surface area contributed by atoms with E-state index in [0.717, 1.165) is 17.9 Å². The molecule has 1 aromatic carbocycles. The van der Waals surface area contributed by atoms with Crippen LogP contribution in [0.3, 0.4) is 0 Å². The molecule has 0 amide bonds. The maximum absolute atomic E-state index is 13.3. The number of carbonyl (C=O) groups is 1. The number of nitrogens with one attached hydrogen (secondary N) is 1. The van der Waals surface area contributed by atoms with Crippen molar-refractivity contribution in [3.8, 4) is 0 Å². The van der Waals surface area contributed by atoms with Gasteiger partial charge in [-0.25, -0.2) is 9.18 Å². The first-order chi connectivity index (χ1) is 9.44. The first-order valence-electron chi connectivity index (χ1n) is 6.66. The maximum Gasteiger partial charge on any atom is 0.340 e. The molecule has 1 heterocycles. The summed E-state index contributed by atoms with van der Waals surface area (Å²) in [4.78, 5) is 11.8. The van der Waals surface area contributed by atoms with E-state index in [-0.39, 0.29) is 17.0 Å². The topological polar surface area (TPSA) is 38.3 Å². The summed E-state index contributed by atoms with van der Waals surface area (Å²) >= 11 is 1.89. The Balaban J connectivity index is 2.26. The molecular weight excluding hydrogens is 277 g/mol. The summed E-state index contributed by atoms with van der Waals surface area (Å²) < 4.78 is 18.1. The zero-order valence-electron chi connectivity index (χ0n) is 12.0. The fraction of sp³-hybridized carbons (Fsp3) is 0.533. The number of ether oxygens (including phenoxy) is 1. The van der Waals surface area contributed by atoms with Gasteiger partial charge in [0.25, 0.3) is 0 Å². The number of anilines is 1. The van der Waals surface area contributed by atoms with Gasteiger partial charge in [-0.15, -0.1) is 0 Å². The van der Waals surface area contributed by atoms with Gasteiger partial charge in [-0.1, -0.05) is 13.8 Å². The molecule has 5 heteroatoms. The summed E-state index contributed by atoms with van der Waals surface area (Å²) in [5.41, 5.74) is 1.03. The summed E-state index contributed by atoms with van der Waals surface area (Å²) in [6.45, 7) is 4.43. The van der Waals surface area contributed by atoms with E-state index in [4.69, 9.17) is 4.74 Å². The van der Waals surface area contributed by atoms with Gasteiger partial charge in [-0.05, 0) is 35.8 Å². The number of benzene rings is 1. The van der Waals surface area contributed by atoms with E-state index in [2.05, 4.69) is 19.2 Å². The highest BCUT2D eigenvalue weighted by Crippen LogP contribution is 2.36. The first-order valence-corrected chi connectivity index (χ1v) is 7.81. The van der Waals surface area contributed by atoms with Gasteiger partial charge in [0.15, 0.2) is 0 Å². The molecule has 2 rings (SSSR count). The van der Waals surface area contributed by atoms with Gasteiger partial charge in [0.1, 0.15) is 5.82 Å². The Labute approximate surface area is 123 Å². The van der Waals surface area contributed by atoms with Crippen molar-refractivity contribution < 1.29 is 13.9 Å². The molecular formula is C15H20FNO2S. The largest absolute Gasteiger partial charge is 0.465 e. The predicted molar refractivity (Wildman–Crippen MR) is 80.9 cm³/mol. The first kappa shape index (κ1) is 15.2. The van der Waals surface area contributed by atoms with Crippen molar-refractivity contribution in [2.75, 3.05) is 23.9 Å². The van der Waals surface area contributed by atoms with Crippen LogP contribution < -0.4 is 5.32 Å². The molecule has 1 aromatic rings. The summed E-state index contributed by atoms with van der Waals surface area (Å²) in [5, 5.41) is 3.39. The number of methoxy groups -OCH3 is 1. The van der Waals surface area contributed by atoms with Crippen molar-refractivity contribution in [3.05, 3.63) is 29.6 Å². The molecule has 0 saturated carbocycles. The molecule has 1 saturated heterocycles. The van der Waals surface area contributed by atoms with E-state index in [1.807, 2.05) is 11.8 Å². The molecule has 1 aliphatic rings. The van der Waals surface area contributed by atoms with Crippen LogP contribution in [0.4, 0.5) is 10.1 Å². The van der Waals surface area contributed by atoms with Gasteiger partial charge >= 0.3 is 5.97 Å². The molecule has 0 bridgehead atoms. The summed E-state index contributed by atoms with van der Waals surface area (Å²) in [5.74, 6) is 1.17. The highest BCUT2D eigenvalue weighted by atomic mass is 32.2. The monoisotopic (exact) mass is 297 g/mol. The summed E-state index contributed by atoms with van der Waals surface area (Å²) in [6.07, 6.45) is 1.12. The molecule has 1 aliphatic heterocycles. The highest BCUT2D eigenvalue weighted by Gasteiger charge is 2.33. The third-order valence-electron chi connectivity index (χ3n) is 3.84. The van der Waals surface area contributed by atoms with Crippen LogP contribution >= 0.6 is 11.8 Å². The third-order valence-corrected chi connectivity index (χ3v) is 4.90. The Morgan fingerprint density at radius 1 is 1.50 bits per heavy atom. The van der Waals surface area contributed by atoms with E-state index < -0.39 is 11.8 Å². The van der Waals surface area contributed by atoms with Gasteiger partial charge in [-0.2, -0.15) is 11.8 Å². The average Bonchev–Trinajstić information content (AvgIpc) is 2.41. The number of thioether (sulfide) groups is 1. The number of halogens is 1. The fourth-order valence-corrected chi connectivity index (χ4v) is 3.89. The van der Waals surface area contributed by atoms with E-state index in [0.29, 0.717) is 5.69 Å². The van der Waals surface area contributed by atoms with Crippen molar-refractivity contribution in [2.45, 2.75) is 26.3 Å². The minimum Gasteiger partial charge on any atom is -0.465 e. The molecule has 1 atom stereocenters. The van der Waals surface area contributed by atoms with Crippen molar-refractivity contribution in [2.24, 2.45) is 5.41 Å². The van der Waals surface area contributed by atoms with Crippen LogP contribution in [-0.2, 0) is 4.74 Å². The van der Waals surface area contributed by atoms with Crippen LogP contribution in [0, 0.1) is 11.2 Å². The molecule has 0 aliphatic carbocycles. The minimum atomic E-state index is -0.520. The van der Waals surface area contributed by atoms with Crippen molar-refractivity contribution in [1.82, 2.24) is 0 Å². The zero-order chi connectivity index (χ0) is 14.8. The smallest absolute Gasteiger partial charge is 0.340 e. The van der Waals surface area contributed by atoms with E-state index >= 15 is 0 Å². The van der Waals surface area contributed by atoms with Crippen molar-refractivity contribution in [1.29, 1.82) is 0 Å². The standard InChI is InChI=1S/C15H20FNO2S/c1-15(2)6-7-20-9-13(15)17-12-5-4-10(16)8-11(12)14(18)19-3/h4-5,8,13,17H,6-7,9H2,1-3H3. The van der Waals surface area contributed by atoms with E-state index in [9.17, 15) is 9.18 Å². The quantitative estimate of drug-likeness (QED) is 0.866. The number of rotatable bonds is 3. The Morgan fingerprint density at radius 2 is 2.25 bits per heavy atom. The molecule has 1 fully saturated rings. The van der Waals surface area contributed by atoms with Crippen LogP contribution in [0.1, 0.15) is 30.6 Å². The van der Waals surface area contributed by atoms with Gasteiger partial charge < -0.3 is 10.1 Å². The lowest BCUT2D eigenvalue weighted by Gasteiger charge is -2.39. The van der Waals surface area contributed by atoms with Gasteiger partial charge in [-0.3, -0.25) is 0 Å². The molecule has 20 heavy (non-hydrogen) atoms. The second-order valence-electron chi connectivity index (χ2n) is 5.69. The summed E-state index contributed by atoms with van der Waals surface area (Å²) in [7, 11) is 1.30. The molecule has 3 nitrogen and oxygen atoms in total. The molecule has 0 spiro atoms. The lowest BCUT2D eigenvalue weighted by atomic mass is 9.82. The molecule has 1 unspecified atom stereocenters. The predicted octanol–water partition coefficient (Wildman–Crippen LogP) is 3.56. The Bertz CT molecular complexity index is 505. The van der Waals surface area contributed by atoms with Crippen LogP contribution in [-0.4, -0.2) is 30.6 Å². The maximum atomic E-state index is 13.3. The van der Waals surface area contributed by atoms with Gasteiger partial charge in [0, 0.05) is 17.5 Å². The Kier molecular flexibility index (Phi) is 4.58. The lowest BCUT2D eigenvalue weighted by molar-refractivity contribution is 0.0601. The number of hydrogen-bond acceptors (Lipinski definition) is 4. The third kappa shape index (κ3) is 3.26. The SMILES string of the molecule is COC(=O)c1cc(F)ccc1NC1CSCCC1(C)C. The zero-order valence-corrected chi connectivity index (χ0v) is 12.8. The van der Waals surface area contributed by atoms with Gasteiger partial charge in [0.05, 0.1) is 12.7 Å². The Morgan fingerprint density at radius 3 is 2.90 bits per heavy atom. The molecule has 110 valence electrons. The second kappa shape index (κ2) is 6.04. The summed E-state index contributed by atoms with van der Waals surface area (Å²) in [6, 6.07) is 4.43. The highest BCUT2D eigenvalue weighted by molar-refractivity contribution is 7.99. The average molecular weight is 297 g/mol. The minimum absolute atomic E-state index is 0.146. The second-order valence-corrected chi connectivity index (χ2v) is 6.84. The van der Waals surface area contributed by atoms with Crippen molar-refractivity contribution >= 4 is 23.4 Å². The van der Waals surface area contributed by atoms with Crippen LogP contribution in [0.15, 0.2) is 18.2 Å². The normalized spacial score (nSPS) is 21.3. The van der Waals surface area contributed by atoms with Gasteiger partial charge in [0.2, 0.25) is 0 Å². The van der Waals surface area contributed by atoms with Crippen LogP contribution in [0.25, 0.3) is 0 Å². The number of esters is 1. The van der Waals surface area contributed by atoms with Crippen LogP contribution in [0.2, 0.25) is 0 Å². The van der Waals surface area contributed by atoms with E-state index in [1.54, 1.807) is 6.07 Å². The number of hydrogen-bond donors (Lipinski definition) is 1. The van der Waals surface area contributed by atoms with E-state index in [1.165, 1.54) is 19.2 Å². The fourth-order valence-electron chi connectivity index (χ4n) is 2.28. The lowest BCUT2D eigenvalue weighted by Crippen LogP contribution is -2.42. The van der Waals surface area contributed by atoms with Crippen molar-refractivity contribution in [3.63, 3.8) is 0 Å². The molecule has 1 N–H and O–H groups in total. The molecule has 0 aromatic heterocycles. The Hall–Kier alpha value is -1.23.